The smallest absolute Gasteiger partial charge is 0.408 e. The number of aromatic nitrogens is 1. The second kappa shape index (κ2) is 4.97. The third-order valence-electron chi connectivity index (χ3n) is 2.45. The lowest BCUT2D eigenvalue weighted by Crippen LogP contribution is -2.23. The minimum absolute atomic E-state index is 0.122. The van der Waals surface area contributed by atoms with Crippen LogP contribution in [-0.2, 0) is 11.2 Å². The fourth-order valence-corrected chi connectivity index (χ4v) is 1.64. The number of H-pyrrole nitrogens is 1. The predicted molar refractivity (Wildman–Crippen MR) is 64.1 cm³/mol. The first-order valence-electron chi connectivity index (χ1n) is 5.47. The van der Waals surface area contributed by atoms with Crippen molar-refractivity contribution in [1.29, 1.82) is 0 Å². The highest BCUT2D eigenvalue weighted by Crippen LogP contribution is 2.12. The van der Waals surface area contributed by atoms with E-state index in [4.69, 9.17) is 4.42 Å². The molecule has 90 valence electrons. The van der Waals surface area contributed by atoms with Crippen molar-refractivity contribution in [3.05, 3.63) is 34.3 Å². The number of ketones is 1. The van der Waals surface area contributed by atoms with Gasteiger partial charge in [-0.3, -0.25) is 9.78 Å². The van der Waals surface area contributed by atoms with Crippen LogP contribution >= 0.6 is 0 Å². The van der Waals surface area contributed by atoms with Crippen molar-refractivity contribution in [1.82, 2.24) is 10.3 Å². The summed E-state index contributed by atoms with van der Waals surface area (Å²) in [5.41, 5.74) is 2.34. The van der Waals surface area contributed by atoms with E-state index in [1.165, 1.54) is 0 Å². The zero-order chi connectivity index (χ0) is 12.3. The highest BCUT2D eigenvalue weighted by molar-refractivity contribution is 5.77. The quantitative estimate of drug-likeness (QED) is 0.752. The Morgan fingerprint density at radius 3 is 3.06 bits per heavy atom. The Morgan fingerprint density at radius 1 is 1.47 bits per heavy atom. The maximum absolute atomic E-state index is 11.0. The van der Waals surface area contributed by atoms with Crippen LogP contribution in [0.3, 0.4) is 0 Å². The number of hydrogen-bond donors (Lipinski definition) is 2. The Labute approximate surface area is 97.8 Å². The van der Waals surface area contributed by atoms with E-state index in [0.717, 1.165) is 18.5 Å². The number of rotatable bonds is 5. The molecule has 17 heavy (non-hydrogen) atoms. The maximum atomic E-state index is 11.0. The molecule has 0 radical (unpaired) electrons. The van der Waals surface area contributed by atoms with Gasteiger partial charge in [0.2, 0.25) is 0 Å². The monoisotopic (exact) mass is 234 g/mol. The first-order valence-corrected chi connectivity index (χ1v) is 5.47. The molecule has 0 spiro atoms. The van der Waals surface area contributed by atoms with Crippen molar-refractivity contribution in [2.75, 3.05) is 13.1 Å². The third kappa shape index (κ3) is 3.04. The summed E-state index contributed by atoms with van der Waals surface area (Å²) in [4.78, 5) is 24.3. The number of benzene rings is 1. The van der Waals surface area contributed by atoms with Gasteiger partial charge in [0.15, 0.2) is 5.58 Å². The SMILES string of the molecule is CC(=O)CNCCc1ccc2[nH]c(=O)oc2c1. The van der Waals surface area contributed by atoms with Gasteiger partial charge in [-0.25, -0.2) is 4.79 Å². The summed E-state index contributed by atoms with van der Waals surface area (Å²) in [7, 11) is 0. The number of carbonyl (C=O) groups excluding carboxylic acids is 1. The van der Waals surface area contributed by atoms with Crippen molar-refractivity contribution >= 4 is 16.9 Å². The molecule has 0 amide bonds. The van der Waals surface area contributed by atoms with Crippen LogP contribution in [0.4, 0.5) is 0 Å². The Hall–Kier alpha value is -1.88. The summed E-state index contributed by atoms with van der Waals surface area (Å²) < 4.78 is 4.97. The van der Waals surface area contributed by atoms with Crippen molar-refractivity contribution < 1.29 is 9.21 Å². The van der Waals surface area contributed by atoms with Gasteiger partial charge in [0.25, 0.3) is 0 Å². The first-order chi connectivity index (χ1) is 8.15. The molecule has 0 saturated carbocycles. The Morgan fingerprint density at radius 2 is 2.29 bits per heavy atom. The van der Waals surface area contributed by atoms with Crippen LogP contribution in [0.5, 0.6) is 0 Å². The Bertz CT molecular complexity index is 583. The lowest BCUT2D eigenvalue weighted by molar-refractivity contribution is -0.116. The summed E-state index contributed by atoms with van der Waals surface area (Å²) in [6.45, 7) is 2.66. The van der Waals surface area contributed by atoms with E-state index >= 15 is 0 Å². The molecule has 5 heteroatoms. The van der Waals surface area contributed by atoms with Gasteiger partial charge < -0.3 is 9.73 Å². The fraction of sp³-hybridized carbons (Fsp3) is 0.333. The van der Waals surface area contributed by atoms with Crippen LogP contribution < -0.4 is 11.1 Å². The summed E-state index contributed by atoms with van der Waals surface area (Å²) >= 11 is 0. The lowest BCUT2D eigenvalue weighted by Gasteiger charge is -2.02. The van der Waals surface area contributed by atoms with E-state index in [9.17, 15) is 9.59 Å². The van der Waals surface area contributed by atoms with Crippen molar-refractivity contribution in [2.24, 2.45) is 0 Å². The second-order valence-electron chi connectivity index (χ2n) is 3.97. The van der Waals surface area contributed by atoms with Gasteiger partial charge in [0.05, 0.1) is 12.1 Å². The molecule has 0 aliphatic rings. The number of Topliss-reactive ketones (excluding diaryl/α,β-unsaturated/α-hetero) is 1. The van der Waals surface area contributed by atoms with Crippen LogP contribution in [-0.4, -0.2) is 23.9 Å². The van der Waals surface area contributed by atoms with Crippen LogP contribution in [0.25, 0.3) is 11.1 Å². The van der Waals surface area contributed by atoms with E-state index in [-0.39, 0.29) is 5.78 Å². The van der Waals surface area contributed by atoms with E-state index in [1.807, 2.05) is 18.2 Å². The maximum Gasteiger partial charge on any atom is 0.417 e. The van der Waals surface area contributed by atoms with Gasteiger partial charge in [0, 0.05) is 0 Å². The van der Waals surface area contributed by atoms with Crippen molar-refractivity contribution in [3.8, 4) is 0 Å². The molecule has 5 nitrogen and oxygen atoms in total. The number of oxazole rings is 1. The molecule has 0 atom stereocenters. The Kier molecular flexibility index (Phi) is 3.39. The molecule has 0 unspecified atom stereocenters. The molecule has 1 aromatic heterocycles. The molecule has 2 N–H and O–H groups in total. The summed E-state index contributed by atoms with van der Waals surface area (Å²) in [6.07, 6.45) is 0.790. The average molecular weight is 234 g/mol. The molecule has 0 saturated heterocycles. The number of aromatic amines is 1. The van der Waals surface area contributed by atoms with Gasteiger partial charge in [-0.05, 0) is 37.6 Å². The molecule has 0 aliphatic carbocycles. The van der Waals surface area contributed by atoms with E-state index in [2.05, 4.69) is 10.3 Å². The van der Waals surface area contributed by atoms with Gasteiger partial charge in [-0.15, -0.1) is 0 Å². The van der Waals surface area contributed by atoms with Gasteiger partial charge in [0.1, 0.15) is 5.78 Å². The molecule has 1 aromatic carbocycles. The number of carbonyl (C=O) groups is 1. The van der Waals surface area contributed by atoms with Gasteiger partial charge in [-0.2, -0.15) is 0 Å². The predicted octanol–water partition coefficient (Wildman–Crippen LogP) is 0.842. The molecule has 2 rings (SSSR count). The topological polar surface area (TPSA) is 75.1 Å². The zero-order valence-corrected chi connectivity index (χ0v) is 9.58. The van der Waals surface area contributed by atoms with Crippen LogP contribution in [0.15, 0.2) is 27.4 Å². The number of nitrogens with one attached hydrogen (secondary N) is 2. The third-order valence-corrected chi connectivity index (χ3v) is 2.45. The van der Waals surface area contributed by atoms with E-state index in [1.54, 1.807) is 6.92 Å². The van der Waals surface area contributed by atoms with Crippen LogP contribution in [0, 0.1) is 0 Å². The fourth-order valence-electron chi connectivity index (χ4n) is 1.64. The van der Waals surface area contributed by atoms with Crippen LogP contribution in [0.1, 0.15) is 12.5 Å². The molecule has 0 fully saturated rings. The molecular weight excluding hydrogens is 220 g/mol. The van der Waals surface area contributed by atoms with E-state index in [0.29, 0.717) is 17.6 Å². The average Bonchev–Trinajstić information content (AvgIpc) is 2.63. The second-order valence-corrected chi connectivity index (χ2v) is 3.97. The van der Waals surface area contributed by atoms with E-state index < -0.39 is 5.76 Å². The normalized spacial score (nSPS) is 10.9. The summed E-state index contributed by atoms with van der Waals surface area (Å²) in [5.74, 6) is -0.316. The van der Waals surface area contributed by atoms with Crippen LogP contribution in [0.2, 0.25) is 0 Å². The summed E-state index contributed by atoms with van der Waals surface area (Å²) in [5, 5.41) is 3.04. The minimum Gasteiger partial charge on any atom is -0.408 e. The highest BCUT2D eigenvalue weighted by Gasteiger charge is 2.02. The van der Waals surface area contributed by atoms with Crippen molar-refractivity contribution in [3.63, 3.8) is 0 Å². The zero-order valence-electron chi connectivity index (χ0n) is 9.58. The van der Waals surface area contributed by atoms with Gasteiger partial charge in [-0.1, -0.05) is 6.07 Å². The largest absolute Gasteiger partial charge is 0.417 e. The molecule has 1 heterocycles. The molecular formula is C12H14N2O3. The molecule has 0 aliphatic heterocycles. The minimum atomic E-state index is -0.438. The Balaban J connectivity index is 1.99. The molecule has 2 aromatic rings. The highest BCUT2D eigenvalue weighted by atomic mass is 16.4. The lowest BCUT2D eigenvalue weighted by atomic mass is 10.1. The number of fused-ring (bicyclic) bond motifs is 1. The standard InChI is InChI=1S/C12H14N2O3/c1-8(15)7-13-5-4-9-2-3-10-11(6-9)17-12(16)14-10/h2-3,6,13H,4-5,7H2,1H3,(H,14,16). The summed E-state index contributed by atoms with van der Waals surface area (Å²) in [6, 6.07) is 5.59. The number of hydrogen-bond acceptors (Lipinski definition) is 4. The van der Waals surface area contributed by atoms with Crippen molar-refractivity contribution in [2.45, 2.75) is 13.3 Å². The first kappa shape index (κ1) is 11.6. The molecule has 0 bridgehead atoms. The van der Waals surface area contributed by atoms with Gasteiger partial charge >= 0.3 is 5.76 Å².